The van der Waals surface area contributed by atoms with Gasteiger partial charge >= 0.3 is 12.1 Å². The third-order valence-corrected chi connectivity index (χ3v) is 9.38. The maximum absolute atomic E-state index is 13.0. The highest BCUT2D eigenvalue weighted by atomic mass is 16.2. The molecule has 12 nitrogen and oxygen atoms in total. The van der Waals surface area contributed by atoms with E-state index in [0.717, 1.165) is 89.2 Å². The Morgan fingerprint density at radius 3 is 1.60 bits per heavy atom. The zero-order chi connectivity index (χ0) is 27.9. The zero-order valence-corrected chi connectivity index (χ0v) is 23.8. The predicted molar refractivity (Wildman–Crippen MR) is 154 cm³/mol. The first-order valence-corrected chi connectivity index (χ1v) is 15.4. The molecule has 0 aromatic carbocycles. The number of hydrogen-bond acceptors (Lipinski definition) is 7. The van der Waals surface area contributed by atoms with Crippen LogP contribution in [-0.2, 0) is 4.79 Å². The first kappa shape index (κ1) is 28.5. The van der Waals surface area contributed by atoms with Gasteiger partial charge in [-0.1, -0.05) is 0 Å². The van der Waals surface area contributed by atoms with Gasteiger partial charge in [0.2, 0.25) is 5.91 Å². The molecule has 12 heteroatoms. The second-order valence-electron chi connectivity index (χ2n) is 12.1. The van der Waals surface area contributed by atoms with Crippen molar-refractivity contribution in [2.45, 2.75) is 94.8 Å². The number of aliphatic imine (C=N–C) groups is 2. The minimum absolute atomic E-state index is 0.0725. The second-order valence-corrected chi connectivity index (χ2v) is 12.1. The van der Waals surface area contributed by atoms with Gasteiger partial charge in [-0.2, -0.15) is 0 Å². The third kappa shape index (κ3) is 7.37. The Kier molecular flexibility index (Phi) is 9.64. The molecule has 5 aliphatic rings. The van der Waals surface area contributed by atoms with Crippen molar-refractivity contribution in [3.8, 4) is 0 Å². The van der Waals surface area contributed by atoms with Gasteiger partial charge in [-0.15, -0.1) is 0 Å². The highest BCUT2D eigenvalue weighted by Crippen LogP contribution is 2.28. The Morgan fingerprint density at radius 1 is 0.650 bits per heavy atom. The summed E-state index contributed by atoms with van der Waals surface area (Å²) in [5.41, 5.74) is 0. The lowest BCUT2D eigenvalue weighted by molar-refractivity contribution is -0.126. The number of nitrogens with zero attached hydrogens (tertiary/aromatic N) is 2. The summed E-state index contributed by atoms with van der Waals surface area (Å²) in [5, 5.41) is 22.0. The zero-order valence-electron chi connectivity index (χ0n) is 23.8. The molecule has 3 saturated carbocycles. The first-order valence-electron chi connectivity index (χ1n) is 15.4. The van der Waals surface area contributed by atoms with E-state index in [4.69, 9.17) is 0 Å². The summed E-state index contributed by atoms with van der Waals surface area (Å²) in [6.07, 6.45) is 9.63. The molecule has 2 heterocycles. The molecule has 3 unspecified atom stereocenters. The van der Waals surface area contributed by atoms with E-state index in [1.54, 1.807) is 7.05 Å². The van der Waals surface area contributed by atoms with Crippen LogP contribution < -0.4 is 37.2 Å². The number of amides is 5. The van der Waals surface area contributed by atoms with Crippen molar-refractivity contribution in [2.75, 3.05) is 33.2 Å². The van der Waals surface area contributed by atoms with Crippen molar-refractivity contribution in [3.05, 3.63) is 0 Å². The van der Waals surface area contributed by atoms with Crippen LogP contribution >= 0.6 is 0 Å². The summed E-state index contributed by atoms with van der Waals surface area (Å²) >= 11 is 0. The van der Waals surface area contributed by atoms with Gasteiger partial charge in [-0.05, 0) is 70.6 Å². The molecule has 222 valence electrons. The summed E-state index contributed by atoms with van der Waals surface area (Å²) in [7, 11) is 1.63. The normalized spacial score (nSPS) is 33.9. The van der Waals surface area contributed by atoms with E-state index in [1.807, 2.05) is 0 Å². The van der Waals surface area contributed by atoms with Crippen LogP contribution in [0, 0.1) is 17.8 Å². The number of hydrogen-bond donors (Lipinski definition) is 7. The average molecular weight is 558 g/mol. The van der Waals surface area contributed by atoms with Crippen molar-refractivity contribution in [1.82, 2.24) is 37.2 Å². The summed E-state index contributed by atoms with van der Waals surface area (Å²) in [4.78, 5) is 47.6. The Bertz CT molecular complexity index is 970. The van der Waals surface area contributed by atoms with Gasteiger partial charge in [0.15, 0.2) is 0 Å². The fourth-order valence-electron chi connectivity index (χ4n) is 7.17. The molecule has 40 heavy (non-hydrogen) atoms. The van der Waals surface area contributed by atoms with E-state index < -0.39 is 0 Å². The Morgan fingerprint density at radius 2 is 1.12 bits per heavy atom. The number of urea groups is 2. The summed E-state index contributed by atoms with van der Waals surface area (Å²) in [5.74, 6) is 2.83. The van der Waals surface area contributed by atoms with E-state index in [0.29, 0.717) is 31.1 Å². The Hall–Kier alpha value is -3.05. The Labute approximate surface area is 237 Å². The fourth-order valence-corrected chi connectivity index (χ4v) is 7.17. The number of nitrogens with one attached hydrogen (secondary N) is 7. The Balaban J connectivity index is 1.06. The van der Waals surface area contributed by atoms with E-state index >= 15 is 0 Å². The monoisotopic (exact) mass is 557 g/mol. The fraction of sp³-hybridized carbons (Fsp3) is 0.821. The minimum Gasteiger partial charge on any atom is -0.372 e. The van der Waals surface area contributed by atoms with Gasteiger partial charge in [-0.25, -0.2) is 9.59 Å². The van der Waals surface area contributed by atoms with Crippen molar-refractivity contribution >= 4 is 29.6 Å². The highest BCUT2D eigenvalue weighted by Gasteiger charge is 2.37. The molecule has 0 aromatic rings. The molecule has 5 rings (SSSR count). The SMILES string of the molecule is CNC(=O)C1CCC(NC(=O)NC2CCC(C3=NCCN3)CC2)CC1NC(=O)NC1CCC(C2=NCCN2)CC1. The lowest BCUT2D eigenvalue weighted by atomic mass is 9.81. The van der Waals surface area contributed by atoms with Gasteiger partial charge in [0.1, 0.15) is 0 Å². The average Bonchev–Trinajstić information content (AvgIpc) is 3.69. The minimum atomic E-state index is -0.345. The largest absolute Gasteiger partial charge is 0.372 e. The molecule has 5 amide bonds. The molecule has 0 spiro atoms. The third-order valence-electron chi connectivity index (χ3n) is 9.38. The molecule has 2 aliphatic heterocycles. The van der Waals surface area contributed by atoms with Crippen LogP contribution in [0.2, 0.25) is 0 Å². The van der Waals surface area contributed by atoms with Crippen LogP contribution in [0.15, 0.2) is 9.98 Å². The summed E-state index contributed by atoms with van der Waals surface area (Å²) in [6, 6.07) is -0.568. The summed E-state index contributed by atoms with van der Waals surface area (Å²) in [6.45, 7) is 3.59. The van der Waals surface area contributed by atoms with Crippen LogP contribution in [0.5, 0.6) is 0 Å². The lowest BCUT2D eigenvalue weighted by Gasteiger charge is -2.37. The van der Waals surface area contributed by atoms with Gasteiger partial charge in [0.05, 0.1) is 30.7 Å². The molecule has 3 atom stereocenters. The number of rotatable bonds is 7. The van der Waals surface area contributed by atoms with Crippen LogP contribution in [-0.4, -0.2) is 87.0 Å². The number of carbonyl (C=O) groups excluding carboxylic acids is 3. The molecule has 0 saturated heterocycles. The van der Waals surface area contributed by atoms with Gasteiger partial charge in [0, 0.05) is 56.1 Å². The van der Waals surface area contributed by atoms with E-state index in [1.165, 1.54) is 0 Å². The van der Waals surface area contributed by atoms with Gasteiger partial charge in [-0.3, -0.25) is 14.8 Å². The summed E-state index contributed by atoms with van der Waals surface area (Å²) < 4.78 is 0. The molecular formula is C28H47N9O3. The lowest BCUT2D eigenvalue weighted by Crippen LogP contribution is -2.57. The van der Waals surface area contributed by atoms with Gasteiger partial charge < -0.3 is 37.2 Å². The molecule has 0 bridgehead atoms. The molecule has 3 fully saturated rings. The standard InChI is InChI=1S/C28H47N9O3/c1-29-26(38)22-11-10-21(36-27(39)34-19-6-2-17(3-7-19)24-30-12-13-31-24)16-23(22)37-28(40)35-20-8-4-18(5-9-20)25-32-14-15-33-25/h17-23H,2-16H2,1H3,(H,29,38)(H,30,31)(H,32,33)(H2,34,36,39)(H2,35,37,40). The van der Waals surface area contributed by atoms with Crippen molar-refractivity contribution < 1.29 is 14.4 Å². The number of carbonyl (C=O) groups is 3. The second kappa shape index (κ2) is 13.5. The van der Waals surface area contributed by atoms with Crippen LogP contribution in [0.3, 0.4) is 0 Å². The van der Waals surface area contributed by atoms with Crippen LogP contribution in [0.1, 0.15) is 70.6 Å². The van der Waals surface area contributed by atoms with Crippen LogP contribution in [0.25, 0.3) is 0 Å². The van der Waals surface area contributed by atoms with E-state index in [2.05, 4.69) is 47.2 Å². The van der Waals surface area contributed by atoms with Gasteiger partial charge in [0.25, 0.3) is 0 Å². The van der Waals surface area contributed by atoms with Crippen LogP contribution in [0.4, 0.5) is 9.59 Å². The van der Waals surface area contributed by atoms with Crippen molar-refractivity contribution in [2.24, 2.45) is 27.7 Å². The highest BCUT2D eigenvalue weighted by molar-refractivity contribution is 5.86. The molecule has 0 radical (unpaired) electrons. The molecule has 7 N–H and O–H groups in total. The predicted octanol–water partition coefficient (Wildman–Crippen LogP) is 0.989. The molecular weight excluding hydrogens is 510 g/mol. The topological polar surface area (TPSA) is 160 Å². The van der Waals surface area contributed by atoms with Crippen molar-refractivity contribution in [3.63, 3.8) is 0 Å². The quantitative estimate of drug-likeness (QED) is 0.248. The van der Waals surface area contributed by atoms with E-state index in [9.17, 15) is 14.4 Å². The van der Waals surface area contributed by atoms with Crippen molar-refractivity contribution in [1.29, 1.82) is 0 Å². The maximum Gasteiger partial charge on any atom is 0.315 e. The van der Waals surface area contributed by atoms with E-state index in [-0.39, 0.29) is 48.1 Å². The smallest absolute Gasteiger partial charge is 0.315 e. The molecule has 0 aromatic heterocycles. The first-order chi connectivity index (χ1) is 19.5. The molecule has 3 aliphatic carbocycles. The number of amidine groups is 2. The maximum atomic E-state index is 13.0.